The monoisotopic (exact) mass is 142 g/mol. The zero-order valence-electron chi connectivity index (χ0n) is 7.22. The summed E-state index contributed by atoms with van der Waals surface area (Å²) in [7, 11) is 0. The molecule has 0 aromatic heterocycles. The largest absolute Gasteiger partial charge is 0.389 e. The first-order valence-electron chi connectivity index (χ1n) is 3.90. The fourth-order valence-electron chi connectivity index (χ4n) is 1.04. The summed E-state index contributed by atoms with van der Waals surface area (Å²) in [5.74, 6) is 0.315. The molecule has 0 bridgehead atoms. The Hall–Kier alpha value is -0.300. The van der Waals surface area contributed by atoms with E-state index in [-0.39, 0.29) is 0 Å². The molecule has 0 saturated heterocycles. The lowest BCUT2D eigenvalue weighted by atomic mass is 9.85. The van der Waals surface area contributed by atoms with Gasteiger partial charge in [-0.1, -0.05) is 26.8 Å². The summed E-state index contributed by atoms with van der Waals surface area (Å²) in [5, 5.41) is 9.83. The Labute approximate surface area is 63.8 Å². The van der Waals surface area contributed by atoms with Gasteiger partial charge < -0.3 is 5.11 Å². The van der Waals surface area contributed by atoms with Crippen LogP contribution in [0.25, 0.3) is 0 Å². The highest BCUT2D eigenvalue weighted by atomic mass is 16.3. The van der Waals surface area contributed by atoms with Crippen molar-refractivity contribution in [2.45, 2.75) is 39.2 Å². The highest BCUT2D eigenvalue weighted by Gasteiger charge is 2.26. The van der Waals surface area contributed by atoms with Crippen LogP contribution in [0, 0.1) is 5.92 Å². The van der Waals surface area contributed by atoms with Gasteiger partial charge in [0.15, 0.2) is 0 Å². The van der Waals surface area contributed by atoms with E-state index in [4.69, 9.17) is 0 Å². The van der Waals surface area contributed by atoms with Crippen LogP contribution in [0.4, 0.5) is 0 Å². The molecule has 0 radical (unpaired) electrons. The maximum absolute atomic E-state index is 9.83. The van der Waals surface area contributed by atoms with E-state index in [1.807, 2.05) is 20.8 Å². The number of aliphatic hydroxyl groups is 1. The smallest absolute Gasteiger partial charge is 0.0702 e. The van der Waals surface area contributed by atoms with E-state index in [2.05, 4.69) is 6.58 Å². The van der Waals surface area contributed by atoms with Gasteiger partial charge in [-0.3, -0.25) is 0 Å². The van der Waals surface area contributed by atoms with Crippen LogP contribution >= 0.6 is 0 Å². The Bertz CT molecular complexity index is 107. The topological polar surface area (TPSA) is 20.2 Å². The van der Waals surface area contributed by atoms with E-state index in [0.717, 1.165) is 6.42 Å². The lowest BCUT2D eigenvalue weighted by Gasteiger charge is -2.29. The molecule has 0 aliphatic carbocycles. The van der Waals surface area contributed by atoms with Gasteiger partial charge in [0, 0.05) is 0 Å². The molecule has 10 heavy (non-hydrogen) atoms. The number of hydrogen-bond donors (Lipinski definition) is 1. The Kier molecular flexibility index (Phi) is 3.66. The van der Waals surface area contributed by atoms with E-state index >= 15 is 0 Å². The Balaban J connectivity index is 4.07. The van der Waals surface area contributed by atoms with Gasteiger partial charge in [-0.15, -0.1) is 6.58 Å². The maximum Gasteiger partial charge on any atom is 0.0702 e. The van der Waals surface area contributed by atoms with Gasteiger partial charge >= 0.3 is 0 Å². The van der Waals surface area contributed by atoms with Gasteiger partial charge in [0.1, 0.15) is 0 Å². The minimum Gasteiger partial charge on any atom is -0.389 e. The fraction of sp³-hybridized carbons (Fsp3) is 0.778. The molecule has 0 aromatic rings. The predicted molar refractivity (Wildman–Crippen MR) is 44.9 cm³/mol. The van der Waals surface area contributed by atoms with Gasteiger partial charge in [0.2, 0.25) is 0 Å². The summed E-state index contributed by atoms with van der Waals surface area (Å²) in [5.41, 5.74) is -0.526. The van der Waals surface area contributed by atoms with E-state index in [0.29, 0.717) is 12.3 Å². The second-order valence-corrected chi connectivity index (χ2v) is 3.10. The average molecular weight is 142 g/mol. The van der Waals surface area contributed by atoms with E-state index in [1.54, 1.807) is 6.08 Å². The fourth-order valence-corrected chi connectivity index (χ4v) is 1.04. The van der Waals surface area contributed by atoms with Crippen molar-refractivity contribution < 1.29 is 5.11 Å². The molecular formula is C9H18O. The molecule has 1 heteroatoms. The molecule has 0 aromatic carbocycles. The van der Waals surface area contributed by atoms with Gasteiger partial charge in [0.05, 0.1) is 5.60 Å². The van der Waals surface area contributed by atoms with Crippen molar-refractivity contribution >= 4 is 0 Å². The SMILES string of the molecule is C=CCC(O)(CC)C(C)C. The molecule has 0 aliphatic rings. The standard InChI is InChI=1S/C9H18O/c1-5-7-9(10,6-2)8(3)4/h5,8,10H,1,6-7H2,2-4H3. The molecule has 0 spiro atoms. The summed E-state index contributed by atoms with van der Waals surface area (Å²) in [6.07, 6.45) is 3.28. The molecule has 0 rings (SSSR count). The van der Waals surface area contributed by atoms with Gasteiger partial charge in [-0.05, 0) is 18.8 Å². The highest BCUT2D eigenvalue weighted by molar-refractivity contribution is 4.87. The van der Waals surface area contributed by atoms with Crippen LogP contribution in [-0.4, -0.2) is 10.7 Å². The third-order valence-electron chi connectivity index (χ3n) is 2.18. The maximum atomic E-state index is 9.83. The summed E-state index contributed by atoms with van der Waals surface area (Å²) in [4.78, 5) is 0. The number of hydrogen-bond acceptors (Lipinski definition) is 1. The van der Waals surface area contributed by atoms with Crippen molar-refractivity contribution in [3.63, 3.8) is 0 Å². The Morgan fingerprint density at radius 1 is 1.60 bits per heavy atom. The van der Waals surface area contributed by atoms with Crippen molar-refractivity contribution in [3.05, 3.63) is 12.7 Å². The molecule has 1 unspecified atom stereocenters. The first kappa shape index (κ1) is 9.70. The van der Waals surface area contributed by atoms with Crippen molar-refractivity contribution in [1.29, 1.82) is 0 Å². The summed E-state index contributed by atoms with van der Waals surface area (Å²) >= 11 is 0. The van der Waals surface area contributed by atoms with E-state index in [1.165, 1.54) is 0 Å². The first-order valence-corrected chi connectivity index (χ1v) is 3.90. The summed E-state index contributed by atoms with van der Waals surface area (Å²) in [6, 6.07) is 0. The lowest BCUT2D eigenvalue weighted by molar-refractivity contribution is -0.00572. The van der Waals surface area contributed by atoms with Crippen LogP contribution in [-0.2, 0) is 0 Å². The zero-order valence-corrected chi connectivity index (χ0v) is 7.22. The van der Waals surface area contributed by atoms with Crippen LogP contribution in [0.15, 0.2) is 12.7 Å². The summed E-state index contributed by atoms with van der Waals surface area (Å²) < 4.78 is 0. The lowest BCUT2D eigenvalue weighted by Crippen LogP contribution is -2.33. The van der Waals surface area contributed by atoms with E-state index < -0.39 is 5.60 Å². The quantitative estimate of drug-likeness (QED) is 0.597. The van der Waals surface area contributed by atoms with Gasteiger partial charge in [-0.2, -0.15) is 0 Å². The summed E-state index contributed by atoms with van der Waals surface area (Å²) in [6.45, 7) is 9.69. The van der Waals surface area contributed by atoms with Crippen LogP contribution in [0.3, 0.4) is 0 Å². The van der Waals surface area contributed by atoms with Crippen LogP contribution in [0.1, 0.15) is 33.6 Å². The molecule has 0 heterocycles. The van der Waals surface area contributed by atoms with Crippen molar-refractivity contribution in [2.24, 2.45) is 5.92 Å². The molecule has 1 N–H and O–H groups in total. The second-order valence-electron chi connectivity index (χ2n) is 3.10. The first-order chi connectivity index (χ1) is 4.56. The minimum atomic E-state index is -0.526. The normalized spacial score (nSPS) is 16.9. The molecule has 0 saturated carbocycles. The van der Waals surface area contributed by atoms with Crippen molar-refractivity contribution in [2.75, 3.05) is 0 Å². The molecular weight excluding hydrogens is 124 g/mol. The molecule has 1 atom stereocenters. The Morgan fingerprint density at radius 2 is 2.10 bits per heavy atom. The van der Waals surface area contributed by atoms with Crippen LogP contribution in [0.5, 0.6) is 0 Å². The molecule has 0 fully saturated rings. The molecule has 60 valence electrons. The van der Waals surface area contributed by atoms with Crippen LogP contribution < -0.4 is 0 Å². The number of rotatable bonds is 4. The van der Waals surface area contributed by atoms with Gasteiger partial charge in [0.25, 0.3) is 0 Å². The minimum absolute atomic E-state index is 0.315. The second kappa shape index (κ2) is 3.77. The zero-order chi connectivity index (χ0) is 8.20. The Morgan fingerprint density at radius 3 is 2.20 bits per heavy atom. The molecule has 1 nitrogen and oxygen atoms in total. The van der Waals surface area contributed by atoms with E-state index in [9.17, 15) is 5.11 Å². The predicted octanol–water partition coefficient (Wildman–Crippen LogP) is 2.36. The highest BCUT2D eigenvalue weighted by Crippen LogP contribution is 2.24. The third-order valence-corrected chi connectivity index (χ3v) is 2.18. The van der Waals surface area contributed by atoms with Crippen molar-refractivity contribution in [3.8, 4) is 0 Å². The van der Waals surface area contributed by atoms with Gasteiger partial charge in [-0.25, -0.2) is 0 Å². The molecule has 0 aliphatic heterocycles. The third kappa shape index (κ3) is 2.14. The molecule has 0 amide bonds. The van der Waals surface area contributed by atoms with Crippen LogP contribution in [0.2, 0.25) is 0 Å². The van der Waals surface area contributed by atoms with Crippen molar-refractivity contribution in [1.82, 2.24) is 0 Å². The average Bonchev–Trinajstić information content (AvgIpc) is 1.88.